The van der Waals surface area contributed by atoms with Crippen molar-refractivity contribution in [2.75, 3.05) is 22.9 Å². The smallest absolute Gasteiger partial charge is 0.300 e. The van der Waals surface area contributed by atoms with Crippen LogP contribution in [0, 0.1) is 6.92 Å². The molecule has 2 N–H and O–H groups in total. The van der Waals surface area contributed by atoms with Crippen LogP contribution in [0.2, 0.25) is 0 Å². The number of carbonyl (C=O) groups excluding carboxylic acids is 2. The number of anilines is 2. The minimum atomic E-state index is -0.923. The van der Waals surface area contributed by atoms with Gasteiger partial charge in [-0.2, -0.15) is 0 Å². The van der Waals surface area contributed by atoms with Gasteiger partial charge in [0.2, 0.25) is 0 Å². The van der Waals surface area contributed by atoms with E-state index in [0.717, 1.165) is 24.3 Å². The molecule has 0 radical (unpaired) electrons. The van der Waals surface area contributed by atoms with Crippen LogP contribution in [0.1, 0.15) is 50.4 Å². The fourth-order valence-corrected chi connectivity index (χ4v) is 4.86. The molecule has 38 heavy (non-hydrogen) atoms. The van der Waals surface area contributed by atoms with E-state index < -0.39 is 17.7 Å². The summed E-state index contributed by atoms with van der Waals surface area (Å²) in [6.07, 6.45) is -0.0163. The molecule has 3 aromatic rings. The van der Waals surface area contributed by atoms with E-state index in [9.17, 15) is 19.8 Å². The Morgan fingerprint density at radius 2 is 1.68 bits per heavy atom. The molecule has 0 saturated carbocycles. The van der Waals surface area contributed by atoms with Crippen LogP contribution in [0.3, 0.4) is 0 Å². The summed E-state index contributed by atoms with van der Waals surface area (Å²) in [4.78, 5) is 30.4. The molecule has 1 aliphatic heterocycles. The van der Waals surface area contributed by atoms with Crippen molar-refractivity contribution in [3.8, 4) is 11.5 Å². The van der Waals surface area contributed by atoms with Crippen molar-refractivity contribution in [1.82, 2.24) is 0 Å². The van der Waals surface area contributed by atoms with Gasteiger partial charge in [-0.3, -0.25) is 14.5 Å². The molecule has 1 fully saturated rings. The van der Waals surface area contributed by atoms with Crippen LogP contribution in [-0.2, 0) is 9.59 Å². The van der Waals surface area contributed by atoms with Gasteiger partial charge in [0.05, 0.1) is 17.7 Å². The first-order chi connectivity index (χ1) is 18.2. The molecule has 1 unspecified atom stereocenters. The average Bonchev–Trinajstić information content (AvgIpc) is 3.16. The predicted molar refractivity (Wildman–Crippen MR) is 150 cm³/mol. The molecule has 1 amide bonds. The van der Waals surface area contributed by atoms with Crippen molar-refractivity contribution < 1.29 is 24.5 Å². The fourth-order valence-electron chi connectivity index (χ4n) is 4.86. The topological polar surface area (TPSA) is 90.3 Å². The second-order valence-corrected chi connectivity index (χ2v) is 9.60. The first kappa shape index (κ1) is 26.8. The molecule has 4 rings (SSSR count). The van der Waals surface area contributed by atoms with Crippen LogP contribution in [-0.4, -0.2) is 41.1 Å². The van der Waals surface area contributed by atoms with E-state index in [-0.39, 0.29) is 23.2 Å². The van der Waals surface area contributed by atoms with E-state index in [0.29, 0.717) is 22.6 Å². The van der Waals surface area contributed by atoms with Crippen molar-refractivity contribution in [1.29, 1.82) is 0 Å². The van der Waals surface area contributed by atoms with Crippen LogP contribution in [0.4, 0.5) is 11.4 Å². The number of benzene rings is 3. The second kappa shape index (κ2) is 11.0. The number of aliphatic hydroxyl groups is 1. The zero-order valence-corrected chi connectivity index (χ0v) is 22.4. The molecule has 198 valence electrons. The van der Waals surface area contributed by atoms with Gasteiger partial charge in [-0.15, -0.1) is 0 Å². The van der Waals surface area contributed by atoms with E-state index in [1.165, 1.54) is 17.0 Å². The van der Waals surface area contributed by atoms with Gasteiger partial charge < -0.3 is 19.8 Å². The van der Waals surface area contributed by atoms with Crippen LogP contribution in [0.5, 0.6) is 11.5 Å². The Bertz CT molecular complexity index is 1370. The Labute approximate surface area is 223 Å². The Hall–Kier alpha value is -4.26. The van der Waals surface area contributed by atoms with Crippen LogP contribution in [0.15, 0.2) is 72.3 Å². The van der Waals surface area contributed by atoms with Gasteiger partial charge in [0.15, 0.2) is 0 Å². The van der Waals surface area contributed by atoms with Crippen LogP contribution < -0.4 is 14.5 Å². The number of hydrogen-bond donors (Lipinski definition) is 2. The molecular weight excluding hydrogens is 480 g/mol. The SMILES string of the molecule is CCN(CC)c1ccc(N2C(=O)C(=O)/C(=C(\O)c3ccc(OC(C)C)c(C)c3)C2c2cccc(O)c2)cc1. The highest BCUT2D eigenvalue weighted by Gasteiger charge is 2.47. The minimum absolute atomic E-state index is 0.00370. The number of aryl methyl sites for hydroxylation is 1. The largest absolute Gasteiger partial charge is 0.508 e. The lowest BCUT2D eigenvalue weighted by molar-refractivity contribution is -0.132. The quantitative estimate of drug-likeness (QED) is 0.219. The van der Waals surface area contributed by atoms with Crippen molar-refractivity contribution >= 4 is 28.8 Å². The standard InChI is InChI=1S/C31H34N2O5/c1-6-32(7-2)23-12-14-24(15-13-23)33-28(21-9-8-10-25(34)18-21)27(30(36)31(33)37)29(35)22-11-16-26(20(5)17-22)38-19(3)4/h8-19,28,34-35H,6-7H2,1-5H3/b29-27-. The number of phenols is 1. The highest BCUT2D eigenvalue weighted by Crippen LogP contribution is 2.43. The van der Waals surface area contributed by atoms with Crippen molar-refractivity contribution in [2.45, 2.75) is 46.8 Å². The summed E-state index contributed by atoms with van der Waals surface area (Å²) in [6.45, 7) is 11.5. The Balaban J connectivity index is 1.85. The highest BCUT2D eigenvalue weighted by molar-refractivity contribution is 6.51. The maximum atomic E-state index is 13.4. The first-order valence-electron chi connectivity index (χ1n) is 12.9. The number of aliphatic hydroxyl groups excluding tert-OH is 1. The molecule has 0 aliphatic carbocycles. The predicted octanol–water partition coefficient (Wildman–Crippen LogP) is 5.96. The number of nitrogens with zero attached hydrogens (tertiary/aromatic N) is 2. The third-order valence-corrected chi connectivity index (χ3v) is 6.70. The number of carbonyl (C=O) groups is 2. The monoisotopic (exact) mass is 514 g/mol. The lowest BCUT2D eigenvalue weighted by Crippen LogP contribution is -2.29. The molecule has 1 aliphatic rings. The summed E-state index contributed by atoms with van der Waals surface area (Å²) >= 11 is 0. The number of phenolic OH excluding ortho intramolecular Hbond substituents is 1. The molecule has 1 saturated heterocycles. The molecule has 0 bridgehead atoms. The summed E-state index contributed by atoms with van der Waals surface area (Å²) < 4.78 is 5.81. The molecule has 7 heteroatoms. The lowest BCUT2D eigenvalue weighted by Gasteiger charge is -2.27. The van der Waals surface area contributed by atoms with Crippen molar-refractivity contribution in [3.05, 3.63) is 89.0 Å². The minimum Gasteiger partial charge on any atom is -0.508 e. The normalized spacial score (nSPS) is 16.8. The Kier molecular flexibility index (Phi) is 7.76. The maximum Gasteiger partial charge on any atom is 0.300 e. The van der Waals surface area contributed by atoms with E-state index in [1.54, 1.807) is 42.5 Å². The molecule has 3 aromatic carbocycles. The number of amides is 1. The lowest BCUT2D eigenvalue weighted by atomic mass is 9.94. The summed E-state index contributed by atoms with van der Waals surface area (Å²) in [5.41, 5.74) is 3.19. The summed E-state index contributed by atoms with van der Waals surface area (Å²) in [7, 11) is 0. The summed E-state index contributed by atoms with van der Waals surface area (Å²) in [5.74, 6) is -1.14. The van der Waals surface area contributed by atoms with Gasteiger partial charge in [-0.05, 0) is 100 Å². The van der Waals surface area contributed by atoms with Gasteiger partial charge in [-0.25, -0.2) is 0 Å². The Morgan fingerprint density at radius 3 is 2.26 bits per heavy atom. The average molecular weight is 515 g/mol. The molecule has 7 nitrogen and oxygen atoms in total. The molecular formula is C31H34N2O5. The number of ether oxygens (including phenoxy) is 1. The number of Topliss-reactive ketones (excluding diaryl/α,β-unsaturated/α-hetero) is 1. The molecule has 1 heterocycles. The summed E-state index contributed by atoms with van der Waals surface area (Å²) in [6, 6.07) is 18.1. The number of rotatable bonds is 8. The zero-order chi connectivity index (χ0) is 27.6. The van der Waals surface area contributed by atoms with E-state index in [4.69, 9.17) is 4.74 Å². The van der Waals surface area contributed by atoms with Crippen molar-refractivity contribution in [3.63, 3.8) is 0 Å². The third-order valence-electron chi connectivity index (χ3n) is 6.70. The highest BCUT2D eigenvalue weighted by atomic mass is 16.5. The zero-order valence-electron chi connectivity index (χ0n) is 22.4. The van der Waals surface area contributed by atoms with Gasteiger partial charge in [0.1, 0.15) is 17.3 Å². The number of ketones is 1. The van der Waals surface area contributed by atoms with Crippen LogP contribution in [0.25, 0.3) is 5.76 Å². The van der Waals surface area contributed by atoms with E-state index in [1.807, 2.05) is 32.9 Å². The van der Waals surface area contributed by atoms with Gasteiger partial charge in [0, 0.05) is 30.0 Å². The number of hydrogen-bond acceptors (Lipinski definition) is 6. The van der Waals surface area contributed by atoms with Crippen molar-refractivity contribution in [2.24, 2.45) is 0 Å². The van der Waals surface area contributed by atoms with E-state index in [2.05, 4.69) is 18.7 Å². The number of aromatic hydroxyl groups is 1. The molecule has 0 aromatic heterocycles. The van der Waals surface area contributed by atoms with Gasteiger partial charge in [0.25, 0.3) is 11.7 Å². The van der Waals surface area contributed by atoms with Gasteiger partial charge >= 0.3 is 0 Å². The first-order valence-corrected chi connectivity index (χ1v) is 12.9. The van der Waals surface area contributed by atoms with Gasteiger partial charge in [-0.1, -0.05) is 12.1 Å². The fraction of sp³-hybridized carbons (Fsp3) is 0.290. The molecule has 1 atom stereocenters. The van der Waals surface area contributed by atoms with Crippen LogP contribution >= 0.6 is 0 Å². The second-order valence-electron chi connectivity index (χ2n) is 9.60. The Morgan fingerprint density at radius 1 is 1.00 bits per heavy atom. The third kappa shape index (κ3) is 5.09. The van der Waals surface area contributed by atoms with E-state index >= 15 is 0 Å². The summed E-state index contributed by atoms with van der Waals surface area (Å²) in [5, 5.41) is 21.6. The molecule has 0 spiro atoms. The maximum absolute atomic E-state index is 13.4.